The summed E-state index contributed by atoms with van der Waals surface area (Å²) in [6, 6.07) is 0.0759. The third-order valence-electron chi connectivity index (χ3n) is 5.45. The summed E-state index contributed by atoms with van der Waals surface area (Å²) in [5.74, 6) is 3.15. The number of likely N-dealkylation sites (N-methyl/N-ethyl adjacent to an activating group) is 1. The van der Waals surface area contributed by atoms with Gasteiger partial charge in [-0.3, -0.25) is 4.79 Å². The van der Waals surface area contributed by atoms with Crippen molar-refractivity contribution >= 4 is 11.9 Å². The van der Waals surface area contributed by atoms with Gasteiger partial charge < -0.3 is 15.5 Å². The molecule has 1 amide bonds. The summed E-state index contributed by atoms with van der Waals surface area (Å²) in [4.78, 5) is 22.7. The van der Waals surface area contributed by atoms with Gasteiger partial charge in [-0.25, -0.2) is 14.7 Å². The molecule has 0 saturated heterocycles. The van der Waals surface area contributed by atoms with Crippen molar-refractivity contribution in [2.75, 3.05) is 27.2 Å². The lowest BCUT2D eigenvalue weighted by atomic mass is 9.89. The Bertz CT molecular complexity index is 661. The highest BCUT2D eigenvalue weighted by Gasteiger charge is 2.25. The van der Waals surface area contributed by atoms with Crippen LogP contribution in [0.25, 0.3) is 0 Å². The van der Waals surface area contributed by atoms with E-state index in [1.807, 2.05) is 11.6 Å². The van der Waals surface area contributed by atoms with Gasteiger partial charge in [0.05, 0.1) is 6.04 Å². The predicted molar refractivity (Wildman–Crippen MR) is 105 cm³/mol. The van der Waals surface area contributed by atoms with Gasteiger partial charge >= 0.3 is 0 Å². The van der Waals surface area contributed by atoms with E-state index in [-0.39, 0.29) is 18.5 Å². The van der Waals surface area contributed by atoms with Crippen molar-refractivity contribution in [3.63, 3.8) is 0 Å². The molecule has 0 aromatic carbocycles. The fourth-order valence-electron chi connectivity index (χ4n) is 3.84. The van der Waals surface area contributed by atoms with E-state index in [1.54, 1.807) is 19.0 Å². The summed E-state index contributed by atoms with van der Waals surface area (Å²) in [7, 11) is 3.51. The van der Waals surface area contributed by atoms with Gasteiger partial charge in [-0.2, -0.15) is 5.10 Å². The number of rotatable bonds is 5. The molecule has 1 saturated carbocycles. The lowest BCUT2D eigenvalue weighted by Crippen LogP contribution is -2.44. The van der Waals surface area contributed by atoms with Crippen LogP contribution in [0.5, 0.6) is 0 Å². The highest BCUT2D eigenvalue weighted by Crippen LogP contribution is 2.24. The van der Waals surface area contributed by atoms with Gasteiger partial charge in [-0.15, -0.1) is 0 Å². The van der Waals surface area contributed by atoms with Crippen LogP contribution in [0.2, 0.25) is 0 Å². The van der Waals surface area contributed by atoms with Crippen molar-refractivity contribution in [3.05, 3.63) is 11.6 Å². The minimum absolute atomic E-state index is 0.00331. The second-order valence-electron chi connectivity index (χ2n) is 7.92. The van der Waals surface area contributed by atoms with Crippen LogP contribution in [0.1, 0.15) is 62.6 Å². The summed E-state index contributed by atoms with van der Waals surface area (Å²) in [6.07, 6.45) is 8.57. The zero-order chi connectivity index (χ0) is 19.2. The number of guanidine groups is 1. The smallest absolute Gasteiger partial charge is 0.243 e. The Balaban J connectivity index is 1.67. The van der Waals surface area contributed by atoms with E-state index in [9.17, 15) is 4.79 Å². The van der Waals surface area contributed by atoms with Crippen molar-refractivity contribution in [1.82, 2.24) is 30.3 Å². The molecule has 3 rings (SSSR count). The number of fused-ring (bicyclic) bond motifs is 1. The maximum absolute atomic E-state index is 12.0. The number of aliphatic imine (C=N–C) groups is 1. The van der Waals surface area contributed by atoms with Crippen molar-refractivity contribution in [2.24, 2.45) is 10.9 Å². The highest BCUT2D eigenvalue weighted by molar-refractivity contribution is 5.85. The number of aryl methyl sites for hydroxylation is 2. The van der Waals surface area contributed by atoms with Gasteiger partial charge in [0, 0.05) is 27.2 Å². The molecular weight excluding hydrogens is 342 g/mol. The molecule has 0 spiro atoms. The molecule has 2 aliphatic rings. The van der Waals surface area contributed by atoms with E-state index < -0.39 is 0 Å². The number of nitrogens with zero attached hydrogens (tertiary/aromatic N) is 5. The molecule has 1 aromatic heterocycles. The van der Waals surface area contributed by atoms with E-state index >= 15 is 0 Å². The molecule has 8 heteroatoms. The topological polar surface area (TPSA) is 87.4 Å². The minimum atomic E-state index is -0.00331. The van der Waals surface area contributed by atoms with E-state index in [1.165, 1.54) is 32.1 Å². The van der Waals surface area contributed by atoms with E-state index in [2.05, 4.69) is 25.7 Å². The summed E-state index contributed by atoms with van der Waals surface area (Å²) >= 11 is 0. The number of aromatic nitrogens is 3. The molecule has 27 heavy (non-hydrogen) atoms. The molecule has 8 nitrogen and oxygen atoms in total. The van der Waals surface area contributed by atoms with Crippen LogP contribution in [0.15, 0.2) is 4.99 Å². The van der Waals surface area contributed by atoms with Gasteiger partial charge in [-0.05, 0) is 38.5 Å². The van der Waals surface area contributed by atoms with E-state index in [0.717, 1.165) is 37.6 Å². The highest BCUT2D eigenvalue weighted by atomic mass is 16.2. The Morgan fingerprint density at radius 3 is 2.74 bits per heavy atom. The monoisotopic (exact) mass is 375 g/mol. The molecule has 1 fully saturated rings. The van der Waals surface area contributed by atoms with E-state index in [4.69, 9.17) is 0 Å². The first-order valence-corrected chi connectivity index (χ1v) is 10.2. The van der Waals surface area contributed by atoms with Crippen LogP contribution >= 0.6 is 0 Å². The van der Waals surface area contributed by atoms with Gasteiger partial charge in [-0.1, -0.05) is 19.3 Å². The Kier molecular flexibility index (Phi) is 6.68. The zero-order valence-corrected chi connectivity index (χ0v) is 16.9. The maximum atomic E-state index is 12.0. The van der Waals surface area contributed by atoms with Crippen molar-refractivity contribution in [3.8, 4) is 0 Å². The molecular formula is C19H33N7O. The maximum Gasteiger partial charge on any atom is 0.243 e. The molecule has 1 unspecified atom stereocenters. The van der Waals surface area contributed by atoms with Crippen LogP contribution in [-0.2, 0) is 11.3 Å². The van der Waals surface area contributed by atoms with Crippen LogP contribution in [0.3, 0.4) is 0 Å². The standard InChI is InChI=1S/C19H33N7O/c1-14-22-18-16(10-7-11-26(18)24-14)23-19(21-13-17(27)25(2)3)20-12-15-8-5-4-6-9-15/h15-16H,4-13H2,1-3H3,(H2,20,21,23). The van der Waals surface area contributed by atoms with Crippen molar-refractivity contribution in [2.45, 2.75) is 64.5 Å². The van der Waals surface area contributed by atoms with Crippen LogP contribution < -0.4 is 10.6 Å². The van der Waals surface area contributed by atoms with E-state index in [0.29, 0.717) is 11.9 Å². The quantitative estimate of drug-likeness (QED) is 0.603. The Morgan fingerprint density at radius 1 is 1.22 bits per heavy atom. The first-order valence-electron chi connectivity index (χ1n) is 10.2. The first-order chi connectivity index (χ1) is 13.0. The molecule has 1 aliphatic heterocycles. The molecule has 0 radical (unpaired) electrons. The zero-order valence-electron chi connectivity index (χ0n) is 16.9. The molecule has 2 N–H and O–H groups in total. The van der Waals surface area contributed by atoms with Crippen molar-refractivity contribution in [1.29, 1.82) is 0 Å². The molecule has 150 valence electrons. The Labute approximate surface area is 161 Å². The average molecular weight is 376 g/mol. The molecule has 1 atom stereocenters. The number of carbonyl (C=O) groups excluding carboxylic acids is 1. The number of amides is 1. The van der Waals surface area contributed by atoms with Crippen LogP contribution in [0.4, 0.5) is 0 Å². The third-order valence-corrected chi connectivity index (χ3v) is 5.45. The molecule has 1 aliphatic carbocycles. The largest absolute Gasteiger partial charge is 0.356 e. The lowest BCUT2D eigenvalue weighted by Gasteiger charge is -2.27. The number of hydrogen-bond acceptors (Lipinski definition) is 4. The normalized spacial score (nSPS) is 20.9. The van der Waals surface area contributed by atoms with Gasteiger partial charge in [0.2, 0.25) is 5.91 Å². The first kappa shape index (κ1) is 19.6. The molecule has 1 aromatic rings. The average Bonchev–Trinajstić information content (AvgIpc) is 3.05. The summed E-state index contributed by atoms with van der Waals surface area (Å²) in [6.45, 7) is 3.88. The van der Waals surface area contributed by atoms with Crippen molar-refractivity contribution < 1.29 is 4.79 Å². The second kappa shape index (κ2) is 9.19. The second-order valence-corrected chi connectivity index (χ2v) is 7.92. The van der Waals surface area contributed by atoms with Crippen LogP contribution in [-0.4, -0.2) is 58.7 Å². The summed E-state index contributed by atoms with van der Waals surface area (Å²) in [5, 5.41) is 11.5. The summed E-state index contributed by atoms with van der Waals surface area (Å²) < 4.78 is 1.99. The Morgan fingerprint density at radius 2 is 2.00 bits per heavy atom. The summed E-state index contributed by atoms with van der Waals surface area (Å²) in [5.41, 5.74) is 0. The fourth-order valence-corrected chi connectivity index (χ4v) is 3.84. The SMILES string of the molecule is Cc1nc2n(n1)CCCC2NC(=NCC(=O)N(C)C)NCC1CCCCC1. The third kappa shape index (κ3) is 5.43. The van der Waals surface area contributed by atoms with Gasteiger partial charge in [0.15, 0.2) is 5.96 Å². The Hall–Kier alpha value is -2.12. The number of nitrogens with one attached hydrogen (secondary N) is 2. The van der Waals surface area contributed by atoms with Gasteiger partial charge in [0.25, 0.3) is 0 Å². The lowest BCUT2D eigenvalue weighted by molar-refractivity contribution is -0.127. The number of hydrogen-bond donors (Lipinski definition) is 2. The van der Waals surface area contributed by atoms with Gasteiger partial charge in [0.1, 0.15) is 18.2 Å². The van der Waals surface area contributed by atoms with Crippen LogP contribution in [0, 0.1) is 12.8 Å². The molecule has 2 heterocycles. The minimum Gasteiger partial charge on any atom is -0.356 e. The number of carbonyl (C=O) groups is 1. The predicted octanol–water partition coefficient (Wildman–Crippen LogP) is 1.63. The fraction of sp³-hybridized carbons (Fsp3) is 0.789. The molecule has 0 bridgehead atoms.